The summed E-state index contributed by atoms with van der Waals surface area (Å²) in [4.78, 5) is 6.63. The van der Waals surface area contributed by atoms with Crippen LogP contribution < -0.4 is 4.90 Å². The third-order valence-electron chi connectivity index (χ3n) is 2.59. The summed E-state index contributed by atoms with van der Waals surface area (Å²) in [5, 5.41) is 11.9. The lowest BCUT2D eigenvalue weighted by atomic mass is 10.3. The number of rotatable bonds is 5. The predicted octanol–water partition coefficient (Wildman–Crippen LogP) is 2.66. The maximum atomic E-state index is 8.99. The van der Waals surface area contributed by atoms with Crippen molar-refractivity contribution in [2.45, 2.75) is 20.1 Å². The van der Waals surface area contributed by atoms with Gasteiger partial charge in [0.05, 0.1) is 18.8 Å². The summed E-state index contributed by atoms with van der Waals surface area (Å²) in [5.74, 6) is 0. The zero-order chi connectivity index (χ0) is 12.1. The van der Waals surface area contributed by atoms with Gasteiger partial charge in [-0.05, 0) is 19.1 Å². The first-order valence-electron chi connectivity index (χ1n) is 5.67. The summed E-state index contributed by atoms with van der Waals surface area (Å²) in [6, 6.07) is 10.3. The van der Waals surface area contributed by atoms with E-state index in [4.69, 9.17) is 5.11 Å². The monoisotopic (exact) mass is 248 g/mol. The van der Waals surface area contributed by atoms with Crippen LogP contribution in [-0.4, -0.2) is 16.6 Å². The van der Waals surface area contributed by atoms with Crippen molar-refractivity contribution in [3.05, 3.63) is 46.4 Å². The number of aliphatic hydroxyl groups excluding tert-OH is 1. The molecule has 1 heterocycles. The van der Waals surface area contributed by atoms with Crippen LogP contribution in [0.15, 0.2) is 35.7 Å². The van der Waals surface area contributed by atoms with Gasteiger partial charge in [0.1, 0.15) is 5.01 Å². The van der Waals surface area contributed by atoms with Gasteiger partial charge in [0.15, 0.2) is 0 Å². The number of hydrogen-bond donors (Lipinski definition) is 1. The van der Waals surface area contributed by atoms with E-state index in [-0.39, 0.29) is 6.61 Å². The largest absolute Gasteiger partial charge is 0.390 e. The van der Waals surface area contributed by atoms with Gasteiger partial charge in [-0.1, -0.05) is 18.2 Å². The normalized spacial score (nSPS) is 10.5. The van der Waals surface area contributed by atoms with E-state index in [9.17, 15) is 0 Å². The van der Waals surface area contributed by atoms with Crippen LogP contribution in [0.4, 0.5) is 5.69 Å². The lowest BCUT2D eigenvalue weighted by Crippen LogP contribution is -2.21. The van der Waals surface area contributed by atoms with Gasteiger partial charge in [-0.2, -0.15) is 0 Å². The molecular weight excluding hydrogens is 232 g/mol. The SMILES string of the molecule is CCN(Cc1nc(CO)cs1)c1ccccc1. The molecule has 4 heteroatoms. The number of anilines is 1. The summed E-state index contributed by atoms with van der Waals surface area (Å²) in [6.45, 7) is 3.89. The van der Waals surface area contributed by atoms with E-state index in [0.717, 1.165) is 23.8 Å². The van der Waals surface area contributed by atoms with Crippen LogP contribution >= 0.6 is 11.3 Å². The van der Waals surface area contributed by atoms with E-state index < -0.39 is 0 Å². The quantitative estimate of drug-likeness (QED) is 0.883. The van der Waals surface area contributed by atoms with Gasteiger partial charge in [-0.3, -0.25) is 0 Å². The molecule has 0 saturated carbocycles. The molecule has 17 heavy (non-hydrogen) atoms. The number of thiazole rings is 1. The van der Waals surface area contributed by atoms with Crippen LogP contribution in [-0.2, 0) is 13.2 Å². The Kier molecular flexibility index (Phi) is 4.12. The summed E-state index contributed by atoms with van der Waals surface area (Å²) in [5.41, 5.74) is 1.96. The molecule has 0 radical (unpaired) electrons. The van der Waals surface area contributed by atoms with Gasteiger partial charge in [0.25, 0.3) is 0 Å². The van der Waals surface area contributed by atoms with E-state index >= 15 is 0 Å². The fraction of sp³-hybridized carbons (Fsp3) is 0.308. The molecule has 0 aliphatic carbocycles. The van der Waals surface area contributed by atoms with Crippen molar-refractivity contribution < 1.29 is 5.11 Å². The summed E-state index contributed by atoms with van der Waals surface area (Å²) >= 11 is 1.60. The van der Waals surface area contributed by atoms with Crippen molar-refractivity contribution >= 4 is 17.0 Å². The Hall–Kier alpha value is -1.39. The molecule has 1 aromatic carbocycles. The second kappa shape index (κ2) is 5.80. The molecule has 90 valence electrons. The van der Waals surface area contributed by atoms with E-state index in [1.165, 1.54) is 5.69 Å². The molecule has 0 fully saturated rings. The highest BCUT2D eigenvalue weighted by atomic mass is 32.1. The number of aliphatic hydroxyl groups is 1. The molecule has 1 N–H and O–H groups in total. The van der Waals surface area contributed by atoms with E-state index in [0.29, 0.717) is 0 Å². The number of para-hydroxylation sites is 1. The van der Waals surface area contributed by atoms with Crippen molar-refractivity contribution in [3.8, 4) is 0 Å². The fourth-order valence-electron chi connectivity index (χ4n) is 1.68. The highest BCUT2D eigenvalue weighted by Gasteiger charge is 2.07. The van der Waals surface area contributed by atoms with E-state index in [1.807, 2.05) is 23.6 Å². The number of hydrogen-bond acceptors (Lipinski definition) is 4. The predicted molar refractivity (Wildman–Crippen MR) is 71.2 cm³/mol. The standard InChI is InChI=1S/C13H16N2OS/c1-2-15(12-6-4-3-5-7-12)8-13-14-11(9-16)10-17-13/h3-7,10,16H,2,8-9H2,1H3. The Balaban J connectivity index is 2.10. The topological polar surface area (TPSA) is 36.4 Å². The smallest absolute Gasteiger partial charge is 0.112 e. The maximum absolute atomic E-state index is 8.99. The zero-order valence-corrected chi connectivity index (χ0v) is 10.7. The van der Waals surface area contributed by atoms with Gasteiger partial charge in [0, 0.05) is 17.6 Å². The van der Waals surface area contributed by atoms with Crippen molar-refractivity contribution in [3.63, 3.8) is 0 Å². The Morgan fingerprint density at radius 2 is 2.06 bits per heavy atom. The minimum absolute atomic E-state index is 0.0218. The molecule has 0 bridgehead atoms. The molecule has 0 aliphatic rings. The fourth-order valence-corrected chi connectivity index (χ4v) is 2.48. The van der Waals surface area contributed by atoms with Crippen LogP contribution in [0.2, 0.25) is 0 Å². The van der Waals surface area contributed by atoms with Crippen LogP contribution in [0.3, 0.4) is 0 Å². The minimum Gasteiger partial charge on any atom is -0.390 e. The lowest BCUT2D eigenvalue weighted by molar-refractivity contribution is 0.277. The molecular formula is C13H16N2OS. The Morgan fingerprint density at radius 1 is 1.29 bits per heavy atom. The van der Waals surface area contributed by atoms with E-state index in [1.54, 1.807) is 11.3 Å². The van der Waals surface area contributed by atoms with Crippen LogP contribution in [0.1, 0.15) is 17.6 Å². The van der Waals surface area contributed by atoms with Gasteiger partial charge in [0.2, 0.25) is 0 Å². The molecule has 0 unspecified atom stereocenters. The first-order valence-corrected chi connectivity index (χ1v) is 6.55. The molecule has 1 aromatic heterocycles. The van der Waals surface area contributed by atoms with Crippen molar-refractivity contribution in [1.82, 2.24) is 4.98 Å². The Morgan fingerprint density at radius 3 is 2.65 bits per heavy atom. The average molecular weight is 248 g/mol. The highest BCUT2D eigenvalue weighted by molar-refractivity contribution is 7.09. The average Bonchev–Trinajstić information content (AvgIpc) is 2.84. The molecule has 0 amide bonds. The van der Waals surface area contributed by atoms with Crippen molar-refractivity contribution in [2.75, 3.05) is 11.4 Å². The number of aromatic nitrogens is 1. The molecule has 0 atom stereocenters. The molecule has 2 rings (SSSR count). The molecule has 0 saturated heterocycles. The molecule has 3 nitrogen and oxygen atoms in total. The van der Waals surface area contributed by atoms with Gasteiger partial charge >= 0.3 is 0 Å². The van der Waals surface area contributed by atoms with E-state index in [2.05, 4.69) is 28.9 Å². The van der Waals surface area contributed by atoms with Crippen LogP contribution in [0, 0.1) is 0 Å². The van der Waals surface area contributed by atoms with Gasteiger partial charge in [-0.25, -0.2) is 4.98 Å². The van der Waals surface area contributed by atoms with Gasteiger partial charge in [-0.15, -0.1) is 11.3 Å². The molecule has 0 aliphatic heterocycles. The second-order valence-electron chi connectivity index (χ2n) is 3.74. The van der Waals surface area contributed by atoms with Gasteiger partial charge < -0.3 is 10.0 Å². The molecule has 2 aromatic rings. The lowest BCUT2D eigenvalue weighted by Gasteiger charge is -2.21. The van der Waals surface area contributed by atoms with Crippen LogP contribution in [0.5, 0.6) is 0 Å². The third kappa shape index (κ3) is 3.05. The van der Waals surface area contributed by atoms with Crippen molar-refractivity contribution in [2.24, 2.45) is 0 Å². The summed E-state index contributed by atoms with van der Waals surface area (Å²) in [6.07, 6.45) is 0. The summed E-state index contributed by atoms with van der Waals surface area (Å²) in [7, 11) is 0. The van der Waals surface area contributed by atoms with Crippen LogP contribution in [0.25, 0.3) is 0 Å². The third-order valence-corrected chi connectivity index (χ3v) is 3.47. The minimum atomic E-state index is 0.0218. The number of nitrogens with zero attached hydrogens (tertiary/aromatic N) is 2. The number of benzene rings is 1. The Bertz CT molecular complexity index is 455. The van der Waals surface area contributed by atoms with Crippen molar-refractivity contribution in [1.29, 1.82) is 0 Å². The zero-order valence-electron chi connectivity index (χ0n) is 9.84. The maximum Gasteiger partial charge on any atom is 0.112 e. The Labute approximate surface area is 105 Å². The molecule has 0 spiro atoms. The first-order chi connectivity index (χ1) is 8.33. The first kappa shape index (κ1) is 12.1. The highest BCUT2D eigenvalue weighted by Crippen LogP contribution is 2.18. The summed E-state index contributed by atoms with van der Waals surface area (Å²) < 4.78 is 0. The second-order valence-corrected chi connectivity index (χ2v) is 4.68.